The number of halogens is 2. The molecule has 0 aliphatic heterocycles. The number of nitrogens with two attached hydrogens (primary N) is 1. The van der Waals surface area contributed by atoms with Crippen LogP contribution < -0.4 is 5.73 Å². The lowest BCUT2D eigenvalue weighted by atomic mass is 9.87. The van der Waals surface area contributed by atoms with E-state index in [4.69, 9.17) is 5.73 Å². The zero-order chi connectivity index (χ0) is 9.78. The van der Waals surface area contributed by atoms with Gasteiger partial charge in [-0.25, -0.2) is 0 Å². The van der Waals surface area contributed by atoms with E-state index in [1.807, 2.05) is 0 Å². The van der Waals surface area contributed by atoms with Gasteiger partial charge in [-0.15, -0.1) is 24.8 Å². The van der Waals surface area contributed by atoms with E-state index in [1.165, 1.54) is 0 Å². The molecule has 0 heterocycles. The first-order valence-corrected chi connectivity index (χ1v) is 4.89. The molecule has 0 amide bonds. The Kier molecular flexibility index (Phi) is 12.5. The van der Waals surface area contributed by atoms with E-state index >= 15 is 0 Å². The second-order valence-corrected chi connectivity index (χ2v) is 4.46. The Morgan fingerprint density at radius 3 is 1.64 bits per heavy atom. The molecule has 14 heavy (non-hydrogen) atoms. The van der Waals surface area contributed by atoms with Gasteiger partial charge in [-0.2, -0.15) is 0 Å². The van der Waals surface area contributed by atoms with Crippen LogP contribution in [0.5, 0.6) is 0 Å². The van der Waals surface area contributed by atoms with Gasteiger partial charge in [0.25, 0.3) is 0 Å². The molecule has 0 aromatic carbocycles. The predicted molar refractivity (Wildman–Crippen MR) is 69.7 cm³/mol. The van der Waals surface area contributed by atoms with Crippen molar-refractivity contribution in [3.8, 4) is 0 Å². The lowest BCUT2D eigenvalue weighted by Gasteiger charge is -2.31. The van der Waals surface area contributed by atoms with Gasteiger partial charge in [-0.1, -0.05) is 34.6 Å². The first-order valence-electron chi connectivity index (χ1n) is 4.89. The summed E-state index contributed by atoms with van der Waals surface area (Å²) in [5.74, 6) is 0. The van der Waals surface area contributed by atoms with Gasteiger partial charge >= 0.3 is 0 Å². The normalized spacial score (nSPS) is 13.1. The van der Waals surface area contributed by atoms with Crippen LogP contribution in [0.25, 0.3) is 0 Å². The highest BCUT2D eigenvalue weighted by Gasteiger charge is 2.21. The van der Waals surface area contributed by atoms with Gasteiger partial charge in [0.15, 0.2) is 0 Å². The number of hydrogen-bond acceptors (Lipinski definition) is 2. The maximum Gasteiger partial charge on any atom is 0.0217 e. The van der Waals surface area contributed by atoms with Crippen molar-refractivity contribution in [1.29, 1.82) is 0 Å². The van der Waals surface area contributed by atoms with Gasteiger partial charge in [0.05, 0.1) is 0 Å². The average Bonchev–Trinajstić information content (AvgIpc) is 1.97. The van der Waals surface area contributed by atoms with Crippen molar-refractivity contribution in [2.75, 3.05) is 19.6 Å². The molecule has 0 aromatic heterocycles. The first kappa shape index (κ1) is 20.0. The third-order valence-electron chi connectivity index (χ3n) is 2.46. The maximum atomic E-state index is 6.06. The van der Waals surface area contributed by atoms with Crippen molar-refractivity contribution in [2.45, 2.75) is 40.7 Å². The van der Waals surface area contributed by atoms with Crippen molar-refractivity contribution in [3.05, 3.63) is 0 Å². The van der Waals surface area contributed by atoms with Crippen molar-refractivity contribution in [1.82, 2.24) is 4.90 Å². The Bertz CT molecular complexity index is 120. The van der Waals surface area contributed by atoms with E-state index in [1.54, 1.807) is 0 Å². The van der Waals surface area contributed by atoms with Crippen molar-refractivity contribution >= 4 is 24.8 Å². The summed E-state index contributed by atoms with van der Waals surface area (Å²) < 4.78 is 0. The molecule has 2 N–H and O–H groups in total. The van der Waals surface area contributed by atoms with Crippen LogP contribution in [0.4, 0.5) is 0 Å². The van der Waals surface area contributed by atoms with Gasteiger partial charge in [0, 0.05) is 12.6 Å². The molecule has 0 saturated carbocycles. The quantitative estimate of drug-likeness (QED) is 0.824. The summed E-state index contributed by atoms with van der Waals surface area (Å²) >= 11 is 0. The minimum Gasteiger partial charge on any atom is -0.326 e. The summed E-state index contributed by atoms with van der Waals surface area (Å²) in [6.45, 7) is 14.2. The Morgan fingerprint density at radius 1 is 1.07 bits per heavy atom. The Hall–Kier alpha value is 0.500. The van der Waals surface area contributed by atoms with Crippen molar-refractivity contribution in [2.24, 2.45) is 11.1 Å². The van der Waals surface area contributed by atoms with Crippen LogP contribution in [0.1, 0.15) is 34.6 Å². The third-order valence-corrected chi connectivity index (χ3v) is 2.46. The molecular weight excluding hydrogens is 219 g/mol. The van der Waals surface area contributed by atoms with Crippen LogP contribution in [0, 0.1) is 5.41 Å². The molecule has 90 valence electrons. The molecule has 0 aliphatic carbocycles. The zero-order valence-electron chi connectivity index (χ0n) is 10.0. The average molecular weight is 245 g/mol. The largest absolute Gasteiger partial charge is 0.326 e. The number of rotatable bonds is 4. The fourth-order valence-electron chi connectivity index (χ4n) is 1.03. The molecule has 0 unspecified atom stereocenters. The van der Waals surface area contributed by atoms with E-state index in [9.17, 15) is 0 Å². The monoisotopic (exact) mass is 244 g/mol. The van der Waals surface area contributed by atoms with E-state index in [2.05, 4.69) is 39.5 Å². The van der Waals surface area contributed by atoms with Crippen LogP contribution in [-0.4, -0.2) is 30.6 Å². The van der Waals surface area contributed by atoms with Crippen LogP contribution in [0.15, 0.2) is 0 Å². The second-order valence-electron chi connectivity index (χ2n) is 4.46. The summed E-state index contributed by atoms with van der Waals surface area (Å²) in [6.07, 6.45) is 0. The third kappa shape index (κ3) is 7.86. The molecule has 0 aliphatic rings. The Labute approximate surface area is 101 Å². The van der Waals surface area contributed by atoms with Gasteiger partial charge < -0.3 is 10.6 Å². The molecular formula is C10H26Cl2N2. The van der Waals surface area contributed by atoms with Crippen molar-refractivity contribution in [3.63, 3.8) is 0 Å². The van der Waals surface area contributed by atoms with Crippen LogP contribution in [0.3, 0.4) is 0 Å². The lowest BCUT2D eigenvalue weighted by molar-refractivity contribution is 0.212. The summed E-state index contributed by atoms with van der Waals surface area (Å²) in [5, 5.41) is 0. The second kappa shape index (κ2) is 8.78. The lowest BCUT2D eigenvalue weighted by Crippen LogP contribution is -2.45. The van der Waals surface area contributed by atoms with E-state index in [0.29, 0.717) is 0 Å². The molecule has 0 rings (SSSR count). The number of likely N-dealkylation sites (N-methyl/N-ethyl adjacent to an activating group) is 1. The highest BCUT2D eigenvalue weighted by Crippen LogP contribution is 2.17. The predicted octanol–water partition coefficient (Wildman–Crippen LogP) is 2.55. The summed E-state index contributed by atoms with van der Waals surface area (Å²) in [6, 6.07) is 0.275. The molecule has 0 aromatic rings. The summed E-state index contributed by atoms with van der Waals surface area (Å²) in [5.41, 5.74) is 6.29. The molecule has 1 atom stereocenters. The first-order chi connectivity index (χ1) is 5.41. The maximum absolute atomic E-state index is 6.06. The SMILES string of the molecule is CCN(CC)C[C@@H](N)C(C)(C)C.Cl.Cl. The summed E-state index contributed by atoms with van der Waals surface area (Å²) in [4.78, 5) is 2.37. The van der Waals surface area contributed by atoms with Crippen LogP contribution in [-0.2, 0) is 0 Å². The highest BCUT2D eigenvalue weighted by atomic mass is 35.5. The number of hydrogen-bond donors (Lipinski definition) is 1. The van der Waals surface area contributed by atoms with E-state index in [0.717, 1.165) is 19.6 Å². The fourth-order valence-corrected chi connectivity index (χ4v) is 1.03. The molecule has 0 spiro atoms. The van der Waals surface area contributed by atoms with E-state index in [-0.39, 0.29) is 36.3 Å². The van der Waals surface area contributed by atoms with Crippen molar-refractivity contribution < 1.29 is 0 Å². The smallest absolute Gasteiger partial charge is 0.0217 e. The molecule has 4 heteroatoms. The fraction of sp³-hybridized carbons (Fsp3) is 1.00. The minimum atomic E-state index is 0. The standard InChI is InChI=1S/C10H24N2.2ClH/c1-6-12(7-2)8-9(11)10(3,4)5;;/h9H,6-8,11H2,1-5H3;2*1H/t9-;;/m1../s1. The van der Waals surface area contributed by atoms with Crippen LogP contribution >= 0.6 is 24.8 Å². The topological polar surface area (TPSA) is 29.3 Å². The van der Waals surface area contributed by atoms with Gasteiger partial charge in [0.2, 0.25) is 0 Å². The Morgan fingerprint density at radius 2 is 1.43 bits per heavy atom. The number of nitrogens with zero attached hydrogens (tertiary/aromatic N) is 1. The minimum absolute atomic E-state index is 0. The molecule has 0 radical (unpaired) electrons. The molecule has 2 nitrogen and oxygen atoms in total. The zero-order valence-corrected chi connectivity index (χ0v) is 11.7. The van der Waals surface area contributed by atoms with E-state index < -0.39 is 0 Å². The molecule has 0 fully saturated rings. The van der Waals surface area contributed by atoms with Crippen LogP contribution in [0.2, 0.25) is 0 Å². The molecule has 0 bridgehead atoms. The van der Waals surface area contributed by atoms with Gasteiger partial charge in [0.1, 0.15) is 0 Å². The Balaban J connectivity index is -0.000000605. The highest BCUT2D eigenvalue weighted by molar-refractivity contribution is 5.85. The molecule has 0 saturated heterocycles. The summed E-state index contributed by atoms with van der Waals surface area (Å²) in [7, 11) is 0. The van der Waals surface area contributed by atoms with Gasteiger partial charge in [-0.3, -0.25) is 0 Å². The van der Waals surface area contributed by atoms with Gasteiger partial charge in [-0.05, 0) is 18.5 Å².